The predicted octanol–water partition coefficient (Wildman–Crippen LogP) is 3.61. The van der Waals surface area contributed by atoms with E-state index < -0.39 is 0 Å². The Kier molecular flexibility index (Phi) is 8.33. The summed E-state index contributed by atoms with van der Waals surface area (Å²) in [5.41, 5.74) is 1.17. The highest BCUT2D eigenvalue weighted by Crippen LogP contribution is 2.20. The van der Waals surface area contributed by atoms with E-state index in [9.17, 15) is 4.79 Å². The van der Waals surface area contributed by atoms with E-state index in [0.29, 0.717) is 18.0 Å². The molecule has 5 nitrogen and oxygen atoms in total. The molecule has 140 valence electrons. The molecule has 0 fully saturated rings. The van der Waals surface area contributed by atoms with Crippen LogP contribution in [-0.2, 0) is 11.2 Å². The second-order valence-corrected chi connectivity index (χ2v) is 5.88. The lowest BCUT2D eigenvalue weighted by molar-refractivity contribution is -0.123. The summed E-state index contributed by atoms with van der Waals surface area (Å²) in [6.45, 7) is 3.40. The molecule has 0 aliphatic rings. The summed E-state index contributed by atoms with van der Waals surface area (Å²) >= 11 is 0. The van der Waals surface area contributed by atoms with E-state index in [-0.39, 0.29) is 12.5 Å². The van der Waals surface area contributed by atoms with Gasteiger partial charge in [0.25, 0.3) is 5.91 Å². The molecule has 0 aromatic heterocycles. The summed E-state index contributed by atoms with van der Waals surface area (Å²) in [7, 11) is 1.59. The van der Waals surface area contributed by atoms with Crippen LogP contribution in [0.5, 0.6) is 17.2 Å². The molecule has 0 atom stereocenters. The van der Waals surface area contributed by atoms with Crippen molar-refractivity contribution in [2.75, 3.05) is 26.9 Å². The molecule has 0 bridgehead atoms. The van der Waals surface area contributed by atoms with Gasteiger partial charge in [0, 0.05) is 12.6 Å². The quantitative estimate of drug-likeness (QED) is 0.624. The summed E-state index contributed by atoms with van der Waals surface area (Å²) in [6.07, 6.45) is 2.69. The van der Waals surface area contributed by atoms with Crippen LogP contribution in [-0.4, -0.2) is 32.8 Å². The Labute approximate surface area is 155 Å². The van der Waals surface area contributed by atoms with Gasteiger partial charge in [-0.3, -0.25) is 4.79 Å². The highest BCUT2D eigenvalue weighted by molar-refractivity contribution is 5.77. The van der Waals surface area contributed by atoms with Crippen molar-refractivity contribution in [1.82, 2.24) is 5.32 Å². The number of carbonyl (C=O) groups excluding carboxylic acids is 1. The number of hydrogen-bond acceptors (Lipinski definition) is 4. The fourth-order valence-corrected chi connectivity index (χ4v) is 2.46. The number of carbonyl (C=O) groups is 1. The third-order valence-electron chi connectivity index (χ3n) is 3.79. The lowest BCUT2D eigenvalue weighted by Gasteiger charge is -2.11. The standard InChI is InChI=1S/C21H27NO4/c1-3-14-25-20-12-5-4-8-17(20)9-7-13-22-21(23)16-26-19-11-6-10-18(15-19)24-2/h4-6,8,10-12,15H,3,7,9,13-14,16H2,1-2H3,(H,22,23). The molecule has 2 aromatic rings. The molecule has 0 aliphatic carbocycles. The maximum Gasteiger partial charge on any atom is 0.257 e. The number of para-hydroxylation sites is 1. The molecule has 0 unspecified atom stereocenters. The summed E-state index contributed by atoms with van der Waals surface area (Å²) in [5, 5.41) is 2.88. The monoisotopic (exact) mass is 357 g/mol. The average molecular weight is 357 g/mol. The second-order valence-electron chi connectivity index (χ2n) is 5.88. The lowest BCUT2D eigenvalue weighted by Crippen LogP contribution is -2.29. The van der Waals surface area contributed by atoms with E-state index in [1.54, 1.807) is 19.2 Å². The van der Waals surface area contributed by atoms with Gasteiger partial charge in [-0.05, 0) is 43.0 Å². The van der Waals surface area contributed by atoms with Crippen LogP contribution in [0.1, 0.15) is 25.3 Å². The van der Waals surface area contributed by atoms with Crippen LogP contribution in [0.25, 0.3) is 0 Å². The number of ether oxygens (including phenoxy) is 3. The zero-order valence-electron chi connectivity index (χ0n) is 15.5. The van der Waals surface area contributed by atoms with Crippen LogP contribution in [0.15, 0.2) is 48.5 Å². The molecule has 2 rings (SSSR count). The van der Waals surface area contributed by atoms with E-state index in [4.69, 9.17) is 14.2 Å². The number of methoxy groups -OCH3 is 1. The fraction of sp³-hybridized carbons (Fsp3) is 0.381. The predicted molar refractivity (Wildman–Crippen MR) is 102 cm³/mol. The molecule has 5 heteroatoms. The van der Waals surface area contributed by atoms with Gasteiger partial charge in [0.05, 0.1) is 13.7 Å². The Morgan fingerprint density at radius 1 is 1.04 bits per heavy atom. The van der Waals surface area contributed by atoms with E-state index in [1.807, 2.05) is 30.3 Å². The first-order valence-electron chi connectivity index (χ1n) is 8.97. The number of amides is 1. The first-order valence-corrected chi connectivity index (χ1v) is 8.97. The third-order valence-corrected chi connectivity index (χ3v) is 3.79. The zero-order valence-corrected chi connectivity index (χ0v) is 15.5. The SMILES string of the molecule is CCCOc1ccccc1CCCNC(=O)COc1cccc(OC)c1. The lowest BCUT2D eigenvalue weighted by atomic mass is 10.1. The summed E-state index contributed by atoms with van der Waals surface area (Å²) in [6, 6.07) is 15.2. The zero-order chi connectivity index (χ0) is 18.6. The molecule has 0 radical (unpaired) electrons. The van der Waals surface area contributed by atoms with Crippen molar-refractivity contribution >= 4 is 5.91 Å². The number of rotatable bonds is 11. The Morgan fingerprint density at radius 2 is 1.85 bits per heavy atom. The fourth-order valence-electron chi connectivity index (χ4n) is 2.46. The van der Waals surface area contributed by atoms with E-state index in [1.165, 1.54) is 5.56 Å². The number of hydrogen-bond donors (Lipinski definition) is 1. The minimum absolute atomic E-state index is 0.0105. The summed E-state index contributed by atoms with van der Waals surface area (Å²) in [4.78, 5) is 11.9. The second kappa shape index (κ2) is 11.0. The Hall–Kier alpha value is -2.69. The summed E-state index contributed by atoms with van der Waals surface area (Å²) in [5.74, 6) is 2.11. The molecule has 0 spiro atoms. The van der Waals surface area contributed by atoms with Crippen molar-refractivity contribution in [3.8, 4) is 17.2 Å². The van der Waals surface area contributed by atoms with Crippen molar-refractivity contribution in [3.63, 3.8) is 0 Å². The molecule has 0 saturated heterocycles. The van der Waals surface area contributed by atoms with Gasteiger partial charge in [0.2, 0.25) is 0 Å². The van der Waals surface area contributed by atoms with Gasteiger partial charge in [-0.2, -0.15) is 0 Å². The van der Waals surface area contributed by atoms with Gasteiger partial charge in [-0.1, -0.05) is 31.2 Å². The summed E-state index contributed by atoms with van der Waals surface area (Å²) < 4.78 is 16.4. The van der Waals surface area contributed by atoms with E-state index >= 15 is 0 Å². The molecule has 0 saturated carbocycles. The number of aryl methyl sites for hydroxylation is 1. The Bertz CT molecular complexity index is 687. The molecular formula is C21H27NO4. The number of nitrogens with one attached hydrogen (secondary N) is 1. The van der Waals surface area contributed by atoms with E-state index in [2.05, 4.69) is 18.3 Å². The van der Waals surface area contributed by atoms with Crippen LogP contribution in [0.3, 0.4) is 0 Å². The van der Waals surface area contributed by atoms with Crippen molar-refractivity contribution in [2.45, 2.75) is 26.2 Å². The van der Waals surface area contributed by atoms with Gasteiger partial charge in [-0.25, -0.2) is 0 Å². The first kappa shape index (κ1) is 19.6. The maximum absolute atomic E-state index is 11.9. The molecule has 26 heavy (non-hydrogen) atoms. The highest BCUT2D eigenvalue weighted by Gasteiger charge is 2.05. The molecule has 0 heterocycles. The Morgan fingerprint density at radius 3 is 2.65 bits per heavy atom. The topological polar surface area (TPSA) is 56.8 Å². The highest BCUT2D eigenvalue weighted by atomic mass is 16.5. The van der Waals surface area contributed by atoms with Gasteiger partial charge >= 0.3 is 0 Å². The van der Waals surface area contributed by atoms with Crippen LogP contribution in [0.2, 0.25) is 0 Å². The van der Waals surface area contributed by atoms with Crippen LogP contribution in [0, 0.1) is 0 Å². The van der Waals surface area contributed by atoms with Crippen molar-refractivity contribution in [3.05, 3.63) is 54.1 Å². The first-order chi connectivity index (χ1) is 12.7. The van der Waals surface area contributed by atoms with Crippen LogP contribution in [0.4, 0.5) is 0 Å². The maximum atomic E-state index is 11.9. The number of benzene rings is 2. The third kappa shape index (κ3) is 6.67. The minimum atomic E-state index is -0.136. The van der Waals surface area contributed by atoms with Crippen molar-refractivity contribution in [2.24, 2.45) is 0 Å². The van der Waals surface area contributed by atoms with Gasteiger partial charge in [0.15, 0.2) is 6.61 Å². The van der Waals surface area contributed by atoms with Crippen LogP contribution >= 0.6 is 0 Å². The van der Waals surface area contributed by atoms with E-state index in [0.717, 1.165) is 31.6 Å². The molecule has 2 aromatic carbocycles. The van der Waals surface area contributed by atoms with Crippen molar-refractivity contribution < 1.29 is 19.0 Å². The smallest absolute Gasteiger partial charge is 0.257 e. The van der Waals surface area contributed by atoms with Crippen LogP contribution < -0.4 is 19.5 Å². The molecule has 0 aliphatic heterocycles. The largest absolute Gasteiger partial charge is 0.497 e. The molecule has 1 amide bonds. The van der Waals surface area contributed by atoms with Gasteiger partial charge < -0.3 is 19.5 Å². The molecule has 1 N–H and O–H groups in total. The van der Waals surface area contributed by atoms with Gasteiger partial charge in [-0.15, -0.1) is 0 Å². The normalized spacial score (nSPS) is 10.2. The van der Waals surface area contributed by atoms with Crippen molar-refractivity contribution in [1.29, 1.82) is 0 Å². The average Bonchev–Trinajstić information content (AvgIpc) is 2.69. The Balaban J connectivity index is 1.68. The molecular weight excluding hydrogens is 330 g/mol. The van der Waals surface area contributed by atoms with Gasteiger partial charge in [0.1, 0.15) is 17.2 Å². The minimum Gasteiger partial charge on any atom is -0.497 e.